The Kier molecular flexibility index (Phi) is 28.8. The van der Waals surface area contributed by atoms with Gasteiger partial charge in [-0.3, -0.25) is 29.3 Å². The van der Waals surface area contributed by atoms with Gasteiger partial charge in [0.1, 0.15) is 47.0 Å². The lowest BCUT2D eigenvalue weighted by Crippen LogP contribution is -2.51. The minimum absolute atomic E-state index is 0.0963. The molecule has 676 valence electrons. The number of alkyl carbamates (subject to hydrolysis) is 4. The fraction of sp³-hybridized carbons (Fsp3) is 0.351. The summed E-state index contributed by atoms with van der Waals surface area (Å²) in [6, 6.07) is 44.6. The smallest absolute Gasteiger partial charge is 0.410 e. The summed E-state index contributed by atoms with van der Waals surface area (Å²) in [5.41, 5.74) is 12.2. The van der Waals surface area contributed by atoms with E-state index in [-0.39, 0.29) is 59.8 Å². The van der Waals surface area contributed by atoms with Gasteiger partial charge in [0.2, 0.25) is 11.8 Å². The minimum atomic E-state index is -1.17. The second-order valence-electron chi connectivity index (χ2n) is 34.1. The summed E-state index contributed by atoms with van der Waals surface area (Å²) in [5.74, 6) is 1.03. The van der Waals surface area contributed by atoms with Crippen molar-refractivity contribution in [2.45, 2.75) is 154 Å². The standard InChI is InChI=1S/C46H49N9O6.C42H49N7O5.C9H10N2O4/c1-27(2)39(52-45(58)60-3)43(56)54-20-6-9-37(54)42-49-26-36(51-42)33-18-17-31-22-30(15-16-32(31)23-33)28-11-13-29(14-12-28)35-25-48-41(50-35)38-10-7-21-55(38)44(57)40(53-46(59)61-4)34-8-5-19-47-24-34;1-25(2)36(47-40(51)53-6)39(50)48-19-7-9-34(48)37-44-24-33(46-37)31-18-17-29-21-28(15-16-30(29)22-31)26-11-13-27(14-12-26)32-23-43-38(45-32)35-10-8-20-49(35)41(52)54-42(3,4)5;1-15-9(14)11-7(8(12)13)6-3-2-4-10-5-6/h5,8,11-19,22-27,37-40H,6-7,9-10,20-21H2,1-4H3,(H,48,50)(H,49,51)(H,52,58)(H,53,59);11-18,21-25,34-36H,7-10,19-20H2,1-6H3,(H,43,45)(H,44,46)(H,47,51);2-5,7H,1H3,(H,11,14)(H,12,13)/t37-,38-,39-,40?;34-,35-,36-;/m00./s1. The third-order valence-corrected chi connectivity index (χ3v) is 23.7. The molecule has 130 heavy (non-hydrogen) atoms. The number of aromatic amines is 4. The van der Waals surface area contributed by atoms with Crippen LogP contribution in [0.5, 0.6) is 0 Å². The quantitative estimate of drug-likeness (QED) is 0.0285. The number of ether oxygens (including phenoxy) is 5. The summed E-state index contributed by atoms with van der Waals surface area (Å²) >= 11 is 0. The fourth-order valence-corrected chi connectivity index (χ4v) is 17.0. The maximum atomic E-state index is 13.9. The third-order valence-electron chi connectivity index (χ3n) is 23.7. The van der Waals surface area contributed by atoms with Gasteiger partial charge in [-0.05, 0) is 175 Å². The van der Waals surface area contributed by atoms with Gasteiger partial charge in [0, 0.05) is 73.2 Å². The second kappa shape index (κ2) is 40.9. The molecule has 0 saturated carbocycles. The van der Waals surface area contributed by atoms with E-state index < -0.39 is 60.1 Å². The molecule has 6 aromatic heterocycles. The number of fused-ring (bicyclic) bond motifs is 2. The van der Waals surface area contributed by atoms with Gasteiger partial charge >= 0.3 is 36.4 Å². The highest BCUT2D eigenvalue weighted by Gasteiger charge is 2.42. The predicted molar refractivity (Wildman–Crippen MR) is 486 cm³/mol. The van der Waals surface area contributed by atoms with E-state index in [1.54, 1.807) is 52.7 Å². The van der Waals surface area contributed by atoms with Gasteiger partial charge in [-0.15, -0.1) is 0 Å². The number of carbonyl (C=O) groups is 9. The number of carboxylic acid groups (broad SMARTS) is 1. The molecule has 33 heteroatoms. The molecule has 4 aliphatic heterocycles. The van der Waals surface area contributed by atoms with Crippen molar-refractivity contribution >= 4 is 75.7 Å². The number of aromatic nitrogens is 10. The van der Waals surface area contributed by atoms with E-state index in [2.05, 4.69) is 182 Å². The fourth-order valence-electron chi connectivity index (χ4n) is 17.0. The summed E-state index contributed by atoms with van der Waals surface area (Å²) in [5, 5.41) is 23.5. The van der Waals surface area contributed by atoms with Crippen molar-refractivity contribution < 1.29 is 71.9 Å². The van der Waals surface area contributed by atoms with Crippen LogP contribution in [0, 0.1) is 11.8 Å². The van der Waals surface area contributed by atoms with Gasteiger partial charge < -0.3 is 84.7 Å². The van der Waals surface area contributed by atoms with Gasteiger partial charge in [-0.2, -0.15) is 0 Å². The van der Waals surface area contributed by atoms with Gasteiger partial charge in [-0.25, -0.2) is 48.7 Å². The Morgan fingerprint density at radius 2 is 0.677 bits per heavy atom. The zero-order valence-corrected chi connectivity index (χ0v) is 74.4. The van der Waals surface area contributed by atoms with Crippen molar-refractivity contribution in [3.8, 4) is 67.3 Å². The molecule has 12 aromatic rings. The Bertz CT molecular complexity index is 6030. The highest BCUT2D eigenvalue weighted by molar-refractivity contribution is 5.94. The van der Waals surface area contributed by atoms with E-state index in [1.165, 1.54) is 33.7 Å². The molecule has 16 rings (SSSR count). The van der Waals surface area contributed by atoms with E-state index in [1.807, 2.05) is 76.9 Å². The molecule has 0 spiro atoms. The van der Waals surface area contributed by atoms with Crippen LogP contribution in [0.3, 0.4) is 0 Å². The topological polar surface area (TPSA) is 422 Å². The van der Waals surface area contributed by atoms with Crippen LogP contribution in [0.2, 0.25) is 0 Å². The summed E-state index contributed by atoms with van der Waals surface area (Å²) in [7, 11) is 5.02. The van der Waals surface area contributed by atoms with Crippen LogP contribution < -0.4 is 21.3 Å². The van der Waals surface area contributed by atoms with Gasteiger partial charge in [-0.1, -0.05) is 137 Å². The van der Waals surface area contributed by atoms with Crippen molar-refractivity contribution in [3.63, 3.8) is 0 Å². The number of likely N-dealkylation sites (tertiary alicyclic amines) is 4. The number of rotatable bonds is 22. The van der Waals surface area contributed by atoms with E-state index in [9.17, 15) is 43.2 Å². The first-order chi connectivity index (χ1) is 62.6. The summed E-state index contributed by atoms with van der Waals surface area (Å²) in [6.07, 6.45) is 16.9. The number of carboxylic acids is 1. The number of amides is 8. The normalized spacial score (nSPS) is 16.9. The summed E-state index contributed by atoms with van der Waals surface area (Å²) in [4.78, 5) is 159. The first-order valence-electron chi connectivity index (χ1n) is 43.5. The molecule has 8 amide bonds. The molecular weight excluding hydrogens is 1660 g/mol. The van der Waals surface area contributed by atoms with E-state index in [0.29, 0.717) is 43.1 Å². The summed E-state index contributed by atoms with van der Waals surface area (Å²) in [6.45, 7) is 15.7. The lowest BCUT2D eigenvalue weighted by Gasteiger charge is -2.30. The van der Waals surface area contributed by atoms with Crippen molar-refractivity contribution in [1.29, 1.82) is 0 Å². The first-order valence-corrected chi connectivity index (χ1v) is 43.5. The highest BCUT2D eigenvalue weighted by Crippen LogP contribution is 2.41. The zero-order chi connectivity index (χ0) is 92.0. The van der Waals surface area contributed by atoms with E-state index >= 15 is 0 Å². The van der Waals surface area contributed by atoms with Crippen LogP contribution in [0.25, 0.3) is 88.8 Å². The van der Waals surface area contributed by atoms with Crippen molar-refractivity contribution in [3.05, 3.63) is 230 Å². The van der Waals surface area contributed by atoms with Crippen LogP contribution in [-0.2, 0) is 42.9 Å². The lowest BCUT2D eigenvalue weighted by atomic mass is 9.98. The third kappa shape index (κ3) is 21.4. The Balaban J connectivity index is 0.000000182. The maximum Gasteiger partial charge on any atom is 0.410 e. The molecule has 0 bridgehead atoms. The molecule has 33 nitrogen and oxygen atoms in total. The van der Waals surface area contributed by atoms with E-state index in [0.717, 1.165) is 165 Å². The average molecular weight is 1770 g/mol. The van der Waals surface area contributed by atoms with Crippen LogP contribution in [0.15, 0.2) is 195 Å². The molecule has 2 unspecified atom stereocenters. The number of hydrogen-bond donors (Lipinski definition) is 9. The number of benzene rings is 6. The first kappa shape index (κ1) is 91.4. The molecule has 10 heterocycles. The largest absolute Gasteiger partial charge is 0.479 e. The molecule has 4 saturated heterocycles. The number of nitrogens with one attached hydrogen (secondary N) is 8. The number of imidazole rings is 4. The number of aliphatic carboxylic acids is 1. The molecule has 4 fully saturated rings. The SMILES string of the molecule is COC(=O)NC(C(=O)N1CCC[C@H]1c1ncc(-c2ccc(-c3ccc4cc(-c5cnc([C@@H]6CCCN6C(=O)[C@@H](NC(=O)OC)C(C)C)[nH]5)ccc4c3)cc2)[nH]1)c1cccnc1.COC(=O)NC(C(=O)O)c1cccnc1.COC(=O)N[C@H](C(=O)N1CCC[C@H]1c1ncc(-c2ccc3cc(-c4ccc(-c5cnc([C@@H]6CCCN6C(=O)OC(C)(C)C)[nH]5)cc4)ccc3c2)[nH]1)C(C)C. The molecule has 4 aliphatic rings. The predicted octanol–water partition coefficient (Wildman–Crippen LogP) is 16.5. The Labute approximate surface area is 751 Å². The number of H-pyrrole nitrogens is 4. The molecule has 8 atom stereocenters. The minimum Gasteiger partial charge on any atom is -0.479 e. The number of carbonyl (C=O) groups excluding carboxylic acids is 8. The monoisotopic (exact) mass is 1760 g/mol. The molecule has 9 N–H and O–H groups in total. The summed E-state index contributed by atoms with van der Waals surface area (Å²) < 4.78 is 24.3. The van der Waals surface area contributed by atoms with Crippen LogP contribution in [0.4, 0.5) is 24.0 Å². The Morgan fingerprint density at radius 3 is 1.02 bits per heavy atom. The Morgan fingerprint density at radius 1 is 0.377 bits per heavy atom. The van der Waals surface area contributed by atoms with Crippen LogP contribution in [0.1, 0.15) is 171 Å². The van der Waals surface area contributed by atoms with Crippen molar-refractivity contribution in [1.82, 2.24) is 90.7 Å². The van der Waals surface area contributed by atoms with Crippen LogP contribution >= 0.6 is 0 Å². The number of pyridine rings is 2. The number of methoxy groups -OCH3 is 4. The molecular formula is C97H108N18O15. The van der Waals surface area contributed by atoms with Gasteiger partial charge in [0.15, 0.2) is 6.04 Å². The van der Waals surface area contributed by atoms with Gasteiger partial charge in [0.25, 0.3) is 5.91 Å². The van der Waals surface area contributed by atoms with Crippen LogP contribution in [-0.4, -0.2) is 201 Å². The van der Waals surface area contributed by atoms with Crippen molar-refractivity contribution in [2.24, 2.45) is 11.8 Å². The highest BCUT2D eigenvalue weighted by atomic mass is 16.6. The van der Waals surface area contributed by atoms with Gasteiger partial charge in [0.05, 0.1) is 100 Å². The number of nitrogens with zero attached hydrogens (tertiary/aromatic N) is 10. The second-order valence-corrected chi connectivity index (χ2v) is 34.1. The molecule has 0 aliphatic carbocycles. The maximum absolute atomic E-state index is 13.9. The zero-order valence-electron chi connectivity index (χ0n) is 74.4. The van der Waals surface area contributed by atoms with Crippen molar-refractivity contribution in [2.75, 3.05) is 54.6 Å². The van der Waals surface area contributed by atoms with E-state index in [4.69, 9.17) is 39.0 Å². The Hall–Kier alpha value is -14.8. The molecule has 6 aromatic carbocycles. The number of hydrogen-bond acceptors (Lipinski definition) is 20. The lowest BCUT2D eigenvalue weighted by molar-refractivity contribution is -0.139. The average Bonchev–Trinajstić information content (AvgIpc) is 1.46. The molecule has 0 radical (unpaired) electrons.